The van der Waals surface area contributed by atoms with Crippen LogP contribution in [0.15, 0.2) is 54.9 Å². The molecule has 1 heterocycles. The monoisotopic (exact) mass is 233 g/mol. The van der Waals surface area contributed by atoms with Crippen molar-refractivity contribution in [3.05, 3.63) is 66.0 Å². The third-order valence-corrected chi connectivity index (χ3v) is 2.58. The van der Waals surface area contributed by atoms with E-state index in [1.165, 1.54) is 11.1 Å². The standard InChI is InChI=1S/C14H16N.ClH/c1-2-13-8-10-15(11-9-13)12-14-6-4-3-5-7-14;/h3-11H,2,12H2,1H3;1H/q+1;/p-1. The lowest BCUT2D eigenvalue weighted by Gasteiger charge is -1.98. The summed E-state index contributed by atoms with van der Waals surface area (Å²) >= 11 is 0. The summed E-state index contributed by atoms with van der Waals surface area (Å²) in [6.45, 7) is 3.13. The Morgan fingerprint density at radius 3 is 2.06 bits per heavy atom. The molecule has 2 aromatic rings. The Morgan fingerprint density at radius 1 is 0.875 bits per heavy atom. The smallest absolute Gasteiger partial charge is 0.173 e. The van der Waals surface area contributed by atoms with Crippen molar-refractivity contribution in [2.45, 2.75) is 19.9 Å². The molecule has 0 radical (unpaired) electrons. The van der Waals surface area contributed by atoms with Crippen LogP contribution >= 0.6 is 0 Å². The van der Waals surface area contributed by atoms with E-state index in [2.05, 4.69) is 60.3 Å². The zero-order valence-electron chi connectivity index (χ0n) is 9.44. The molecule has 0 aliphatic heterocycles. The predicted octanol–water partition coefficient (Wildman–Crippen LogP) is -0.411. The van der Waals surface area contributed by atoms with Gasteiger partial charge in [-0.2, -0.15) is 0 Å². The van der Waals surface area contributed by atoms with E-state index in [1.54, 1.807) is 0 Å². The maximum Gasteiger partial charge on any atom is 0.173 e. The second-order valence-corrected chi connectivity index (χ2v) is 3.72. The van der Waals surface area contributed by atoms with Gasteiger partial charge in [-0.15, -0.1) is 0 Å². The van der Waals surface area contributed by atoms with Gasteiger partial charge in [-0.3, -0.25) is 0 Å². The average Bonchev–Trinajstić information content (AvgIpc) is 2.31. The molecule has 0 unspecified atom stereocenters. The summed E-state index contributed by atoms with van der Waals surface area (Å²) in [6, 6.07) is 14.9. The fourth-order valence-corrected chi connectivity index (χ4v) is 1.62. The first kappa shape index (κ1) is 12.7. The molecule has 0 N–H and O–H groups in total. The van der Waals surface area contributed by atoms with Crippen LogP contribution in [-0.2, 0) is 13.0 Å². The molecule has 0 saturated carbocycles. The molecular formula is C14H16ClN. The third-order valence-electron chi connectivity index (χ3n) is 2.58. The molecule has 0 saturated heterocycles. The lowest BCUT2D eigenvalue weighted by Crippen LogP contribution is -3.00. The van der Waals surface area contributed by atoms with Crippen LogP contribution in [0.1, 0.15) is 18.1 Å². The predicted molar refractivity (Wildman–Crippen MR) is 61.6 cm³/mol. The fourth-order valence-electron chi connectivity index (χ4n) is 1.62. The first-order valence-corrected chi connectivity index (χ1v) is 5.40. The largest absolute Gasteiger partial charge is 1.00 e. The van der Waals surface area contributed by atoms with Gasteiger partial charge in [0.1, 0.15) is 0 Å². The van der Waals surface area contributed by atoms with Gasteiger partial charge in [0, 0.05) is 17.7 Å². The number of halogens is 1. The number of hydrogen-bond acceptors (Lipinski definition) is 0. The Kier molecular flexibility index (Phi) is 5.00. The summed E-state index contributed by atoms with van der Waals surface area (Å²) in [6.07, 6.45) is 5.39. The third kappa shape index (κ3) is 3.35. The molecular weight excluding hydrogens is 218 g/mol. The molecule has 0 bridgehead atoms. The van der Waals surface area contributed by atoms with Gasteiger partial charge in [-0.1, -0.05) is 37.3 Å². The lowest BCUT2D eigenvalue weighted by atomic mass is 10.2. The topological polar surface area (TPSA) is 3.88 Å². The van der Waals surface area contributed by atoms with Crippen molar-refractivity contribution in [3.63, 3.8) is 0 Å². The summed E-state index contributed by atoms with van der Waals surface area (Å²) in [5.74, 6) is 0. The molecule has 84 valence electrons. The molecule has 1 nitrogen and oxygen atoms in total. The van der Waals surface area contributed by atoms with Crippen molar-refractivity contribution in [2.75, 3.05) is 0 Å². The minimum atomic E-state index is 0. The Hall–Kier alpha value is -1.34. The van der Waals surface area contributed by atoms with Crippen molar-refractivity contribution in [3.8, 4) is 0 Å². The number of pyridine rings is 1. The Balaban J connectivity index is 0.00000128. The molecule has 0 fully saturated rings. The van der Waals surface area contributed by atoms with Crippen LogP contribution in [-0.4, -0.2) is 0 Å². The van der Waals surface area contributed by atoms with Crippen molar-refractivity contribution in [1.29, 1.82) is 0 Å². The number of rotatable bonds is 3. The van der Waals surface area contributed by atoms with E-state index < -0.39 is 0 Å². The number of nitrogens with zero attached hydrogens (tertiary/aromatic N) is 1. The van der Waals surface area contributed by atoms with Crippen LogP contribution in [0.2, 0.25) is 0 Å². The Bertz CT molecular complexity index is 409. The molecule has 1 aromatic heterocycles. The number of benzene rings is 1. The quantitative estimate of drug-likeness (QED) is 0.635. The van der Waals surface area contributed by atoms with Crippen molar-refractivity contribution in [2.24, 2.45) is 0 Å². The summed E-state index contributed by atoms with van der Waals surface area (Å²) in [5.41, 5.74) is 2.73. The second-order valence-electron chi connectivity index (χ2n) is 3.72. The zero-order valence-corrected chi connectivity index (χ0v) is 10.2. The minimum absolute atomic E-state index is 0. The summed E-state index contributed by atoms with van der Waals surface area (Å²) < 4.78 is 2.20. The highest BCUT2D eigenvalue weighted by atomic mass is 35.5. The maximum absolute atomic E-state index is 2.20. The fraction of sp³-hybridized carbons (Fsp3) is 0.214. The van der Waals surface area contributed by atoms with Crippen molar-refractivity contribution in [1.82, 2.24) is 0 Å². The Morgan fingerprint density at radius 2 is 1.50 bits per heavy atom. The molecule has 0 aliphatic carbocycles. The molecule has 2 heteroatoms. The van der Waals surface area contributed by atoms with Crippen LogP contribution < -0.4 is 17.0 Å². The molecule has 0 atom stereocenters. The summed E-state index contributed by atoms with van der Waals surface area (Å²) in [5, 5.41) is 0. The minimum Gasteiger partial charge on any atom is -1.00 e. The van der Waals surface area contributed by atoms with E-state index in [-0.39, 0.29) is 12.4 Å². The number of hydrogen-bond donors (Lipinski definition) is 0. The number of aryl methyl sites for hydroxylation is 1. The second kappa shape index (κ2) is 6.29. The maximum atomic E-state index is 2.20. The number of aromatic nitrogens is 1. The first-order valence-electron chi connectivity index (χ1n) is 5.40. The van der Waals surface area contributed by atoms with Gasteiger partial charge in [0.2, 0.25) is 0 Å². The molecule has 0 spiro atoms. The van der Waals surface area contributed by atoms with Crippen LogP contribution in [0.4, 0.5) is 0 Å². The highest BCUT2D eigenvalue weighted by Gasteiger charge is 2.00. The van der Waals surface area contributed by atoms with E-state index in [1.807, 2.05) is 6.07 Å². The highest BCUT2D eigenvalue weighted by Crippen LogP contribution is 1.99. The normalized spacial score (nSPS) is 9.56. The molecule has 2 rings (SSSR count). The van der Waals surface area contributed by atoms with Gasteiger partial charge in [-0.25, -0.2) is 4.57 Å². The van der Waals surface area contributed by atoms with E-state index >= 15 is 0 Å². The summed E-state index contributed by atoms with van der Waals surface area (Å²) in [7, 11) is 0. The van der Waals surface area contributed by atoms with E-state index in [4.69, 9.17) is 0 Å². The molecule has 0 amide bonds. The van der Waals surface area contributed by atoms with Gasteiger partial charge < -0.3 is 12.4 Å². The van der Waals surface area contributed by atoms with Gasteiger partial charge in [-0.05, 0) is 12.0 Å². The molecule has 16 heavy (non-hydrogen) atoms. The van der Waals surface area contributed by atoms with E-state index in [9.17, 15) is 0 Å². The Labute approximate surface area is 103 Å². The average molecular weight is 234 g/mol. The van der Waals surface area contributed by atoms with E-state index in [0.717, 1.165) is 13.0 Å². The van der Waals surface area contributed by atoms with Crippen molar-refractivity contribution >= 4 is 0 Å². The van der Waals surface area contributed by atoms with Crippen LogP contribution in [0, 0.1) is 0 Å². The summed E-state index contributed by atoms with van der Waals surface area (Å²) in [4.78, 5) is 0. The SMILES string of the molecule is CCc1cc[n+](Cc2ccccc2)cc1.[Cl-]. The van der Waals surface area contributed by atoms with Gasteiger partial charge in [0.25, 0.3) is 0 Å². The van der Waals surface area contributed by atoms with Gasteiger partial charge in [0.15, 0.2) is 18.9 Å². The molecule has 0 aliphatic rings. The van der Waals surface area contributed by atoms with E-state index in [0.29, 0.717) is 0 Å². The van der Waals surface area contributed by atoms with Gasteiger partial charge >= 0.3 is 0 Å². The highest BCUT2D eigenvalue weighted by molar-refractivity contribution is 5.13. The molecule has 1 aromatic carbocycles. The zero-order chi connectivity index (χ0) is 10.5. The van der Waals surface area contributed by atoms with Crippen molar-refractivity contribution < 1.29 is 17.0 Å². The van der Waals surface area contributed by atoms with Crippen LogP contribution in [0.3, 0.4) is 0 Å². The van der Waals surface area contributed by atoms with Crippen LogP contribution in [0.5, 0.6) is 0 Å². The first-order chi connectivity index (χ1) is 7.38. The van der Waals surface area contributed by atoms with Gasteiger partial charge in [0.05, 0.1) is 0 Å². The lowest BCUT2D eigenvalue weighted by molar-refractivity contribution is -0.688. The van der Waals surface area contributed by atoms with Crippen LogP contribution in [0.25, 0.3) is 0 Å².